The quantitative estimate of drug-likeness (QED) is 0.178. The smallest absolute Gasteiger partial charge is 0.0542 e. The van der Waals surface area contributed by atoms with Gasteiger partial charge in [-0.05, 0) is 103 Å². The van der Waals surface area contributed by atoms with Gasteiger partial charge in [-0.2, -0.15) is 0 Å². The normalized spacial score (nSPS) is 11.9. The second kappa shape index (κ2) is 11.1. The number of fused-ring (bicyclic) bond motifs is 9. The van der Waals surface area contributed by atoms with Gasteiger partial charge in [0.1, 0.15) is 0 Å². The third-order valence-corrected chi connectivity index (χ3v) is 10.9. The van der Waals surface area contributed by atoms with E-state index in [-0.39, 0.29) is 0 Å². The van der Waals surface area contributed by atoms with E-state index in [0.29, 0.717) is 0 Å². The standard InChI is InChI=1S/C49H33N3/c1-32-22-25-47-41(28-32)42-30-34(23-26-48(42)50(47)35-13-3-2-4-14-35)33-12-11-15-36(29-33)51-46-21-10-7-18-40(46)43-31-37(24-27-49(43)51)52-44-19-8-5-16-38(44)39-17-6-9-20-45(39)52/h2-31H,1H3. The van der Waals surface area contributed by atoms with Gasteiger partial charge in [-0.3, -0.25) is 0 Å². The summed E-state index contributed by atoms with van der Waals surface area (Å²) in [5, 5.41) is 7.57. The summed E-state index contributed by atoms with van der Waals surface area (Å²) < 4.78 is 7.21. The molecule has 11 aromatic rings. The zero-order chi connectivity index (χ0) is 34.3. The van der Waals surface area contributed by atoms with Crippen LogP contribution in [0.1, 0.15) is 5.56 Å². The fraction of sp³-hybridized carbons (Fsp3) is 0.0204. The molecule has 244 valence electrons. The highest BCUT2D eigenvalue weighted by Gasteiger charge is 2.18. The van der Waals surface area contributed by atoms with Gasteiger partial charge in [-0.15, -0.1) is 0 Å². The van der Waals surface area contributed by atoms with Gasteiger partial charge in [-0.25, -0.2) is 0 Å². The van der Waals surface area contributed by atoms with Gasteiger partial charge in [-0.1, -0.05) is 103 Å². The zero-order valence-corrected chi connectivity index (χ0v) is 28.7. The molecule has 0 atom stereocenters. The summed E-state index contributed by atoms with van der Waals surface area (Å²) in [5.74, 6) is 0. The second-order valence-corrected chi connectivity index (χ2v) is 13.9. The SMILES string of the molecule is Cc1ccc2c(c1)c1cc(-c3cccc(-n4c5ccccc5c5cc(-n6c7ccccc7c7ccccc76)ccc54)c3)ccc1n2-c1ccccc1. The van der Waals surface area contributed by atoms with Crippen LogP contribution in [0.3, 0.4) is 0 Å². The lowest BCUT2D eigenvalue weighted by Gasteiger charge is -2.12. The maximum atomic E-state index is 2.42. The molecule has 0 N–H and O–H groups in total. The summed E-state index contributed by atoms with van der Waals surface area (Å²) >= 11 is 0. The fourth-order valence-electron chi connectivity index (χ4n) is 8.58. The van der Waals surface area contributed by atoms with Crippen LogP contribution in [0.25, 0.3) is 93.6 Å². The summed E-state index contributed by atoms with van der Waals surface area (Å²) in [7, 11) is 0. The Morgan fingerprint density at radius 3 is 1.38 bits per heavy atom. The third kappa shape index (κ3) is 4.20. The Morgan fingerprint density at radius 2 is 0.712 bits per heavy atom. The van der Waals surface area contributed by atoms with Crippen molar-refractivity contribution in [3.8, 4) is 28.2 Å². The van der Waals surface area contributed by atoms with Gasteiger partial charge in [0.2, 0.25) is 0 Å². The van der Waals surface area contributed by atoms with Crippen LogP contribution in [-0.4, -0.2) is 13.7 Å². The first-order chi connectivity index (χ1) is 25.7. The molecule has 3 heterocycles. The summed E-state index contributed by atoms with van der Waals surface area (Å²) in [6, 6.07) is 66.6. The molecule has 3 heteroatoms. The predicted octanol–water partition coefficient (Wildman–Crippen LogP) is 13.0. The average Bonchev–Trinajstić information content (AvgIpc) is 3.83. The topological polar surface area (TPSA) is 14.8 Å². The molecule has 3 aromatic heterocycles. The largest absolute Gasteiger partial charge is 0.309 e. The van der Waals surface area contributed by atoms with Gasteiger partial charge < -0.3 is 13.7 Å². The molecule has 0 bridgehead atoms. The number of aromatic nitrogens is 3. The molecular weight excluding hydrogens is 631 g/mol. The molecular formula is C49H33N3. The number of para-hydroxylation sites is 4. The molecule has 3 nitrogen and oxygen atoms in total. The highest BCUT2D eigenvalue weighted by atomic mass is 15.0. The van der Waals surface area contributed by atoms with Crippen molar-refractivity contribution >= 4 is 65.4 Å². The van der Waals surface area contributed by atoms with Gasteiger partial charge in [0.15, 0.2) is 0 Å². The molecule has 52 heavy (non-hydrogen) atoms. The van der Waals surface area contributed by atoms with E-state index >= 15 is 0 Å². The third-order valence-electron chi connectivity index (χ3n) is 10.9. The Hall–Kier alpha value is -6.84. The first-order valence-electron chi connectivity index (χ1n) is 17.9. The molecule has 0 aliphatic carbocycles. The number of hydrogen-bond acceptors (Lipinski definition) is 0. The lowest BCUT2D eigenvalue weighted by atomic mass is 10.0. The van der Waals surface area contributed by atoms with Gasteiger partial charge in [0.05, 0.1) is 33.1 Å². The molecule has 0 amide bonds. The van der Waals surface area contributed by atoms with E-state index in [1.807, 2.05) is 0 Å². The maximum absolute atomic E-state index is 2.42. The molecule has 0 saturated heterocycles. The van der Waals surface area contributed by atoms with E-state index in [0.717, 1.165) is 5.69 Å². The van der Waals surface area contributed by atoms with Crippen LogP contribution >= 0.6 is 0 Å². The van der Waals surface area contributed by atoms with E-state index in [2.05, 4.69) is 203 Å². The number of rotatable bonds is 4. The maximum Gasteiger partial charge on any atom is 0.0542 e. The molecule has 0 unspecified atom stereocenters. The van der Waals surface area contributed by atoms with Crippen LogP contribution in [-0.2, 0) is 0 Å². The van der Waals surface area contributed by atoms with Crippen molar-refractivity contribution in [3.63, 3.8) is 0 Å². The first kappa shape index (κ1) is 28.9. The van der Waals surface area contributed by atoms with Crippen molar-refractivity contribution in [2.45, 2.75) is 6.92 Å². The van der Waals surface area contributed by atoms with E-state index < -0.39 is 0 Å². The van der Waals surface area contributed by atoms with Crippen LogP contribution in [0.15, 0.2) is 182 Å². The molecule has 11 rings (SSSR count). The Morgan fingerprint density at radius 1 is 0.269 bits per heavy atom. The van der Waals surface area contributed by atoms with E-state index in [4.69, 9.17) is 0 Å². The predicted molar refractivity (Wildman–Crippen MR) is 220 cm³/mol. The van der Waals surface area contributed by atoms with E-state index in [1.165, 1.54) is 93.5 Å². The number of nitrogens with zero attached hydrogens (tertiary/aromatic N) is 3. The Bertz CT molecular complexity index is 3140. The monoisotopic (exact) mass is 663 g/mol. The Labute approximate surface area is 300 Å². The zero-order valence-electron chi connectivity index (χ0n) is 28.7. The minimum absolute atomic E-state index is 1.15. The van der Waals surface area contributed by atoms with Crippen molar-refractivity contribution in [1.29, 1.82) is 0 Å². The fourth-order valence-corrected chi connectivity index (χ4v) is 8.58. The minimum atomic E-state index is 1.15. The number of aryl methyl sites for hydroxylation is 1. The lowest BCUT2D eigenvalue weighted by Crippen LogP contribution is -1.96. The number of benzene rings is 8. The lowest BCUT2D eigenvalue weighted by molar-refractivity contribution is 1.17. The van der Waals surface area contributed by atoms with Crippen molar-refractivity contribution in [3.05, 3.63) is 188 Å². The molecule has 0 radical (unpaired) electrons. The number of hydrogen-bond donors (Lipinski definition) is 0. The summed E-state index contributed by atoms with van der Waals surface area (Å²) in [6.07, 6.45) is 0. The summed E-state index contributed by atoms with van der Waals surface area (Å²) in [4.78, 5) is 0. The molecule has 8 aromatic carbocycles. The van der Waals surface area contributed by atoms with Crippen molar-refractivity contribution < 1.29 is 0 Å². The molecule has 0 saturated carbocycles. The van der Waals surface area contributed by atoms with Gasteiger partial charge >= 0.3 is 0 Å². The van der Waals surface area contributed by atoms with Crippen LogP contribution in [0.4, 0.5) is 0 Å². The van der Waals surface area contributed by atoms with Crippen molar-refractivity contribution in [1.82, 2.24) is 13.7 Å². The molecule has 0 spiro atoms. The van der Waals surface area contributed by atoms with Gasteiger partial charge in [0.25, 0.3) is 0 Å². The minimum Gasteiger partial charge on any atom is -0.309 e. The molecule has 0 aliphatic rings. The Kier molecular flexibility index (Phi) is 6.17. The van der Waals surface area contributed by atoms with E-state index in [9.17, 15) is 0 Å². The highest BCUT2D eigenvalue weighted by molar-refractivity contribution is 6.13. The summed E-state index contributed by atoms with van der Waals surface area (Å²) in [5.41, 5.74) is 14.4. The second-order valence-electron chi connectivity index (χ2n) is 13.9. The first-order valence-corrected chi connectivity index (χ1v) is 17.9. The van der Waals surface area contributed by atoms with Crippen LogP contribution in [0.5, 0.6) is 0 Å². The summed E-state index contributed by atoms with van der Waals surface area (Å²) in [6.45, 7) is 2.18. The van der Waals surface area contributed by atoms with Crippen molar-refractivity contribution in [2.24, 2.45) is 0 Å². The molecule has 0 fully saturated rings. The van der Waals surface area contributed by atoms with Crippen LogP contribution < -0.4 is 0 Å². The average molecular weight is 664 g/mol. The van der Waals surface area contributed by atoms with Crippen LogP contribution in [0, 0.1) is 6.92 Å². The molecule has 0 aliphatic heterocycles. The Balaban J connectivity index is 1.09. The van der Waals surface area contributed by atoms with E-state index in [1.54, 1.807) is 0 Å². The van der Waals surface area contributed by atoms with Gasteiger partial charge in [0, 0.05) is 49.4 Å². The van der Waals surface area contributed by atoms with Crippen molar-refractivity contribution in [2.75, 3.05) is 0 Å². The van der Waals surface area contributed by atoms with Crippen LogP contribution in [0.2, 0.25) is 0 Å². The highest BCUT2D eigenvalue weighted by Crippen LogP contribution is 2.39.